The molecule has 7 heteroatoms. The molecule has 0 amide bonds. The Hall–Kier alpha value is -1.37. The van der Waals surface area contributed by atoms with E-state index in [9.17, 15) is 0 Å². The lowest BCUT2D eigenvalue weighted by atomic mass is 9.81. The van der Waals surface area contributed by atoms with Gasteiger partial charge in [0.2, 0.25) is 0 Å². The maximum Gasteiger partial charge on any atom is 0.490 e. The Morgan fingerprint density at radius 2 is 2.19 bits per heavy atom. The molecular weight excluding hydrogens is 228 g/mol. The van der Waals surface area contributed by atoms with E-state index in [-0.39, 0.29) is 10.6 Å². The normalized spacial score (nSPS) is 10.5. The summed E-state index contributed by atoms with van der Waals surface area (Å²) in [6, 6.07) is 3.35. The SMILES string of the molecule is Cc1ccn(-c2cc(B(O)O)cnc2Cl)n1. The van der Waals surface area contributed by atoms with Gasteiger partial charge in [0, 0.05) is 17.9 Å². The maximum absolute atomic E-state index is 9.03. The van der Waals surface area contributed by atoms with Gasteiger partial charge >= 0.3 is 7.12 Å². The second kappa shape index (κ2) is 4.25. The molecule has 0 spiro atoms. The molecule has 5 nitrogen and oxygen atoms in total. The van der Waals surface area contributed by atoms with Crippen molar-refractivity contribution < 1.29 is 10.0 Å². The number of nitrogens with zero attached hydrogens (tertiary/aromatic N) is 3. The van der Waals surface area contributed by atoms with Gasteiger partial charge in [0.1, 0.15) is 5.69 Å². The van der Waals surface area contributed by atoms with Gasteiger partial charge in [0.15, 0.2) is 5.15 Å². The largest absolute Gasteiger partial charge is 0.490 e. The van der Waals surface area contributed by atoms with Crippen LogP contribution in [-0.2, 0) is 0 Å². The third-order valence-corrected chi connectivity index (χ3v) is 2.40. The summed E-state index contributed by atoms with van der Waals surface area (Å²) in [7, 11) is -1.57. The average molecular weight is 237 g/mol. The first-order valence-corrected chi connectivity index (χ1v) is 5.00. The van der Waals surface area contributed by atoms with Crippen LogP contribution in [0.4, 0.5) is 0 Å². The van der Waals surface area contributed by atoms with Crippen LogP contribution < -0.4 is 5.46 Å². The molecule has 0 aliphatic carbocycles. The molecule has 0 radical (unpaired) electrons. The van der Waals surface area contributed by atoms with Crippen LogP contribution in [0.15, 0.2) is 24.5 Å². The van der Waals surface area contributed by atoms with Crippen LogP contribution >= 0.6 is 11.6 Å². The second-order valence-corrected chi connectivity index (χ2v) is 3.71. The molecule has 2 N–H and O–H groups in total. The van der Waals surface area contributed by atoms with Crippen molar-refractivity contribution in [1.29, 1.82) is 0 Å². The molecule has 0 aliphatic rings. The number of rotatable bonds is 2. The van der Waals surface area contributed by atoms with Gasteiger partial charge in [-0.05, 0) is 19.1 Å². The van der Waals surface area contributed by atoms with Crippen LogP contribution in [0.1, 0.15) is 5.69 Å². The third kappa shape index (κ3) is 2.09. The van der Waals surface area contributed by atoms with Crippen molar-refractivity contribution in [1.82, 2.24) is 14.8 Å². The fourth-order valence-corrected chi connectivity index (χ4v) is 1.49. The first-order valence-electron chi connectivity index (χ1n) is 4.62. The lowest BCUT2D eigenvalue weighted by Crippen LogP contribution is -2.30. The van der Waals surface area contributed by atoms with E-state index in [1.165, 1.54) is 16.9 Å². The summed E-state index contributed by atoms with van der Waals surface area (Å²) >= 11 is 5.91. The molecule has 0 unspecified atom stereocenters. The maximum atomic E-state index is 9.03. The Balaban J connectivity index is 2.51. The van der Waals surface area contributed by atoms with Crippen LogP contribution in [0.5, 0.6) is 0 Å². The lowest BCUT2D eigenvalue weighted by Gasteiger charge is -2.06. The molecular formula is C9H9BClN3O2. The molecule has 2 aromatic rings. The smallest absolute Gasteiger partial charge is 0.423 e. The molecule has 2 heterocycles. The van der Waals surface area contributed by atoms with Gasteiger partial charge in [-0.1, -0.05) is 11.6 Å². The van der Waals surface area contributed by atoms with Gasteiger partial charge in [0.05, 0.1) is 5.69 Å². The van der Waals surface area contributed by atoms with Crippen LogP contribution in [0.3, 0.4) is 0 Å². The second-order valence-electron chi connectivity index (χ2n) is 3.35. The highest BCUT2D eigenvalue weighted by atomic mass is 35.5. The number of halogens is 1. The average Bonchev–Trinajstić information content (AvgIpc) is 2.65. The third-order valence-electron chi connectivity index (χ3n) is 2.11. The summed E-state index contributed by atoms with van der Waals surface area (Å²) in [5, 5.41) is 22.5. The summed E-state index contributed by atoms with van der Waals surface area (Å²) in [5.41, 5.74) is 1.62. The number of hydrogen-bond donors (Lipinski definition) is 2. The minimum absolute atomic E-state index is 0.257. The highest BCUT2D eigenvalue weighted by Crippen LogP contribution is 2.15. The standard InChI is InChI=1S/C9H9BClN3O2/c1-6-2-3-14(13-6)8-4-7(10(15)16)5-12-9(8)11/h2-5,15-16H,1H3. The fraction of sp³-hybridized carbons (Fsp3) is 0.111. The quantitative estimate of drug-likeness (QED) is 0.566. The molecule has 0 bridgehead atoms. The van der Waals surface area contributed by atoms with Gasteiger partial charge in [-0.25, -0.2) is 9.67 Å². The predicted octanol–water partition coefficient (Wildman–Crippen LogP) is -0.0911. The van der Waals surface area contributed by atoms with Crippen molar-refractivity contribution in [3.8, 4) is 5.69 Å². The molecule has 2 rings (SSSR count). The minimum Gasteiger partial charge on any atom is -0.423 e. The zero-order valence-corrected chi connectivity index (χ0v) is 9.26. The van der Waals surface area contributed by atoms with Crippen LogP contribution in [0, 0.1) is 6.92 Å². The topological polar surface area (TPSA) is 71.2 Å². The minimum atomic E-state index is -1.57. The highest BCUT2D eigenvalue weighted by Gasteiger charge is 2.15. The Morgan fingerprint density at radius 1 is 1.44 bits per heavy atom. The van der Waals surface area contributed by atoms with Crippen LogP contribution in [-0.4, -0.2) is 31.9 Å². The Kier molecular flexibility index (Phi) is 2.96. The van der Waals surface area contributed by atoms with E-state index in [0.717, 1.165) is 5.69 Å². The zero-order valence-electron chi connectivity index (χ0n) is 8.50. The number of pyridine rings is 1. The molecule has 0 saturated carbocycles. The van der Waals surface area contributed by atoms with E-state index >= 15 is 0 Å². The van der Waals surface area contributed by atoms with E-state index < -0.39 is 7.12 Å². The summed E-state index contributed by atoms with van der Waals surface area (Å²) < 4.78 is 1.54. The van der Waals surface area contributed by atoms with Crippen molar-refractivity contribution in [2.45, 2.75) is 6.92 Å². The molecule has 0 fully saturated rings. The van der Waals surface area contributed by atoms with Gasteiger partial charge in [-0.2, -0.15) is 5.10 Å². The van der Waals surface area contributed by atoms with E-state index in [0.29, 0.717) is 5.69 Å². The number of aromatic nitrogens is 3. The van der Waals surface area contributed by atoms with Gasteiger partial charge in [-0.3, -0.25) is 0 Å². The van der Waals surface area contributed by atoms with Crippen LogP contribution in [0.25, 0.3) is 5.69 Å². The summed E-state index contributed by atoms with van der Waals surface area (Å²) in [4.78, 5) is 3.87. The van der Waals surface area contributed by atoms with Crippen molar-refractivity contribution in [3.05, 3.63) is 35.4 Å². The first kappa shape index (κ1) is 11.1. The molecule has 0 saturated heterocycles. The van der Waals surface area contributed by atoms with Crippen molar-refractivity contribution in [3.63, 3.8) is 0 Å². The van der Waals surface area contributed by atoms with Gasteiger partial charge in [-0.15, -0.1) is 0 Å². The fourth-order valence-electron chi connectivity index (χ4n) is 1.30. The van der Waals surface area contributed by atoms with Crippen molar-refractivity contribution >= 4 is 24.2 Å². The van der Waals surface area contributed by atoms with Crippen molar-refractivity contribution in [2.24, 2.45) is 0 Å². The highest BCUT2D eigenvalue weighted by molar-refractivity contribution is 6.58. The molecule has 0 atom stereocenters. The Morgan fingerprint density at radius 3 is 2.75 bits per heavy atom. The Labute approximate surface area is 97.5 Å². The van der Waals surface area contributed by atoms with E-state index in [4.69, 9.17) is 21.6 Å². The van der Waals surface area contributed by atoms with E-state index in [1.807, 2.05) is 13.0 Å². The number of hydrogen-bond acceptors (Lipinski definition) is 4. The van der Waals surface area contributed by atoms with Gasteiger partial charge in [0.25, 0.3) is 0 Å². The molecule has 0 aliphatic heterocycles. The molecule has 82 valence electrons. The Bertz CT molecular complexity index is 515. The molecule has 16 heavy (non-hydrogen) atoms. The number of aryl methyl sites for hydroxylation is 1. The molecule has 0 aromatic carbocycles. The van der Waals surface area contributed by atoms with E-state index in [2.05, 4.69) is 10.1 Å². The van der Waals surface area contributed by atoms with Crippen LogP contribution in [0.2, 0.25) is 5.15 Å². The molecule has 2 aromatic heterocycles. The summed E-state index contributed by atoms with van der Waals surface area (Å²) in [6.07, 6.45) is 3.04. The monoisotopic (exact) mass is 237 g/mol. The zero-order chi connectivity index (χ0) is 11.7. The summed E-state index contributed by atoms with van der Waals surface area (Å²) in [6.45, 7) is 1.85. The lowest BCUT2D eigenvalue weighted by molar-refractivity contribution is 0.425. The predicted molar refractivity (Wildman–Crippen MR) is 60.9 cm³/mol. The van der Waals surface area contributed by atoms with E-state index in [1.54, 1.807) is 6.20 Å². The first-order chi connectivity index (χ1) is 7.58. The van der Waals surface area contributed by atoms with Crippen molar-refractivity contribution in [2.75, 3.05) is 0 Å². The van der Waals surface area contributed by atoms with Gasteiger partial charge < -0.3 is 10.0 Å². The summed E-state index contributed by atoms with van der Waals surface area (Å²) in [5.74, 6) is 0.